The number of nitrogens with one attached hydrogen (secondary N) is 1. The highest BCUT2D eigenvalue weighted by Crippen LogP contribution is 2.19. The molecule has 0 aromatic heterocycles. The van der Waals surface area contributed by atoms with Gasteiger partial charge in [-0.25, -0.2) is 12.7 Å². The second-order valence-corrected chi connectivity index (χ2v) is 8.35. The van der Waals surface area contributed by atoms with Crippen molar-refractivity contribution in [3.05, 3.63) is 35.9 Å². The smallest absolute Gasteiger partial charge is 0.223 e. The van der Waals surface area contributed by atoms with E-state index in [-0.39, 0.29) is 17.9 Å². The van der Waals surface area contributed by atoms with Crippen LogP contribution in [0.25, 0.3) is 0 Å². The number of amides is 1. The van der Waals surface area contributed by atoms with Crippen LogP contribution in [0.1, 0.15) is 31.7 Å². The second-order valence-electron chi connectivity index (χ2n) is 6.37. The third-order valence-electron chi connectivity index (χ3n) is 4.39. The number of carbonyl (C=O) groups excluding carboxylic acids is 1. The topological polar surface area (TPSA) is 66.5 Å². The maximum absolute atomic E-state index is 12.3. The highest BCUT2D eigenvalue weighted by Gasteiger charge is 2.29. The Labute approximate surface area is 139 Å². The fourth-order valence-corrected chi connectivity index (χ4v) is 3.78. The van der Waals surface area contributed by atoms with Gasteiger partial charge in [0.25, 0.3) is 0 Å². The van der Waals surface area contributed by atoms with Crippen LogP contribution in [0.15, 0.2) is 30.3 Å². The molecule has 1 fully saturated rings. The predicted molar refractivity (Wildman–Crippen MR) is 91.5 cm³/mol. The summed E-state index contributed by atoms with van der Waals surface area (Å²) >= 11 is 0. The molecular formula is C17H26N2O3S. The van der Waals surface area contributed by atoms with Crippen LogP contribution in [0, 0.1) is 5.92 Å². The zero-order chi connectivity index (χ0) is 16.9. The van der Waals surface area contributed by atoms with Crippen molar-refractivity contribution in [3.63, 3.8) is 0 Å². The summed E-state index contributed by atoms with van der Waals surface area (Å²) < 4.78 is 24.4. The van der Waals surface area contributed by atoms with Gasteiger partial charge in [-0.15, -0.1) is 0 Å². The van der Waals surface area contributed by atoms with Crippen molar-refractivity contribution in [1.29, 1.82) is 0 Å². The Balaban J connectivity index is 1.74. The number of benzene rings is 1. The molecular weight excluding hydrogens is 312 g/mol. The SMILES string of the molecule is C[C@@H](CCc1ccccc1)NC(=O)C1CCN(S(C)(=O)=O)CC1. The third-order valence-corrected chi connectivity index (χ3v) is 5.69. The van der Waals surface area contributed by atoms with Gasteiger partial charge in [-0.3, -0.25) is 4.79 Å². The van der Waals surface area contributed by atoms with Gasteiger partial charge in [-0.1, -0.05) is 30.3 Å². The van der Waals surface area contributed by atoms with Gasteiger partial charge in [0, 0.05) is 25.0 Å². The third kappa shape index (κ3) is 5.62. The molecule has 1 amide bonds. The van der Waals surface area contributed by atoms with Crippen LogP contribution in [-0.4, -0.2) is 44.0 Å². The molecule has 23 heavy (non-hydrogen) atoms. The van der Waals surface area contributed by atoms with E-state index in [4.69, 9.17) is 0 Å². The number of sulfonamides is 1. The van der Waals surface area contributed by atoms with E-state index < -0.39 is 10.0 Å². The van der Waals surface area contributed by atoms with E-state index in [2.05, 4.69) is 17.4 Å². The van der Waals surface area contributed by atoms with E-state index in [1.807, 2.05) is 25.1 Å². The van der Waals surface area contributed by atoms with E-state index in [1.54, 1.807) is 0 Å². The summed E-state index contributed by atoms with van der Waals surface area (Å²) in [5.41, 5.74) is 1.27. The van der Waals surface area contributed by atoms with E-state index in [1.165, 1.54) is 16.1 Å². The monoisotopic (exact) mass is 338 g/mol. The molecule has 1 atom stereocenters. The summed E-state index contributed by atoms with van der Waals surface area (Å²) in [6, 6.07) is 10.3. The van der Waals surface area contributed by atoms with Crippen LogP contribution >= 0.6 is 0 Å². The van der Waals surface area contributed by atoms with Crippen LogP contribution < -0.4 is 5.32 Å². The Bertz CT molecular complexity index is 608. The average Bonchev–Trinajstić information content (AvgIpc) is 2.53. The first-order valence-corrected chi connectivity index (χ1v) is 10.0. The molecule has 1 aliphatic rings. The van der Waals surface area contributed by atoms with E-state index >= 15 is 0 Å². The van der Waals surface area contributed by atoms with Crippen molar-refractivity contribution in [2.75, 3.05) is 19.3 Å². The van der Waals surface area contributed by atoms with Gasteiger partial charge in [0.05, 0.1) is 6.26 Å². The molecule has 128 valence electrons. The molecule has 6 heteroatoms. The molecule has 2 rings (SSSR count). The maximum atomic E-state index is 12.3. The lowest BCUT2D eigenvalue weighted by Crippen LogP contribution is -2.44. The van der Waals surface area contributed by atoms with E-state index in [9.17, 15) is 13.2 Å². The quantitative estimate of drug-likeness (QED) is 0.860. The summed E-state index contributed by atoms with van der Waals surface area (Å²) in [5.74, 6) is -0.0223. The first kappa shape index (κ1) is 17.9. The molecule has 0 spiro atoms. The Morgan fingerprint density at radius 2 is 1.87 bits per heavy atom. The molecule has 1 aromatic carbocycles. The van der Waals surface area contributed by atoms with Crippen LogP contribution in [-0.2, 0) is 21.2 Å². The fraction of sp³-hybridized carbons (Fsp3) is 0.588. The van der Waals surface area contributed by atoms with Crippen molar-refractivity contribution in [2.45, 2.75) is 38.6 Å². The van der Waals surface area contributed by atoms with Gasteiger partial charge in [-0.2, -0.15) is 0 Å². The lowest BCUT2D eigenvalue weighted by Gasteiger charge is -2.30. The molecule has 1 N–H and O–H groups in total. The van der Waals surface area contributed by atoms with Crippen LogP contribution in [0.5, 0.6) is 0 Å². The van der Waals surface area contributed by atoms with Crippen molar-refractivity contribution >= 4 is 15.9 Å². The minimum atomic E-state index is -3.14. The van der Waals surface area contributed by atoms with E-state index in [0.29, 0.717) is 25.9 Å². The Kier molecular flexibility index (Phi) is 6.18. The molecule has 0 bridgehead atoms. The van der Waals surface area contributed by atoms with Crippen molar-refractivity contribution in [1.82, 2.24) is 9.62 Å². The highest BCUT2D eigenvalue weighted by molar-refractivity contribution is 7.88. The zero-order valence-corrected chi connectivity index (χ0v) is 14.7. The van der Waals surface area contributed by atoms with Gasteiger partial charge in [0.2, 0.25) is 15.9 Å². The molecule has 1 saturated heterocycles. The van der Waals surface area contributed by atoms with Crippen molar-refractivity contribution in [3.8, 4) is 0 Å². The average molecular weight is 338 g/mol. The molecule has 0 aliphatic carbocycles. The predicted octanol–water partition coefficient (Wildman–Crippen LogP) is 1.80. The Morgan fingerprint density at radius 1 is 1.26 bits per heavy atom. The number of piperidine rings is 1. The number of carbonyl (C=O) groups is 1. The van der Waals surface area contributed by atoms with Crippen LogP contribution in [0.2, 0.25) is 0 Å². The number of nitrogens with zero attached hydrogens (tertiary/aromatic N) is 1. The zero-order valence-electron chi connectivity index (χ0n) is 13.9. The number of aryl methyl sites for hydroxylation is 1. The largest absolute Gasteiger partial charge is 0.353 e. The normalized spacial score (nSPS) is 18.5. The molecule has 1 aromatic rings. The lowest BCUT2D eigenvalue weighted by atomic mass is 9.96. The van der Waals surface area contributed by atoms with Crippen molar-refractivity contribution in [2.24, 2.45) is 5.92 Å². The van der Waals surface area contributed by atoms with Gasteiger partial charge in [0.15, 0.2) is 0 Å². The summed E-state index contributed by atoms with van der Waals surface area (Å²) in [4.78, 5) is 12.3. The van der Waals surface area contributed by atoms with Gasteiger partial charge in [-0.05, 0) is 38.2 Å². The fourth-order valence-electron chi connectivity index (χ4n) is 2.91. The Morgan fingerprint density at radius 3 is 2.43 bits per heavy atom. The van der Waals surface area contributed by atoms with E-state index in [0.717, 1.165) is 12.8 Å². The minimum Gasteiger partial charge on any atom is -0.353 e. The number of hydrogen-bond acceptors (Lipinski definition) is 3. The standard InChI is InChI=1S/C17H26N2O3S/c1-14(8-9-15-6-4-3-5-7-15)18-17(20)16-10-12-19(13-11-16)23(2,21)22/h3-7,14,16H,8-13H2,1-2H3,(H,18,20)/t14-/m0/s1. The summed E-state index contributed by atoms with van der Waals surface area (Å²) in [6.45, 7) is 2.90. The first-order valence-electron chi connectivity index (χ1n) is 8.15. The van der Waals surface area contributed by atoms with Gasteiger partial charge >= 0.3 is 0 Å². The molecule has 1 aliphatic heterocycles. The number of rotatable bonds is 6. The maximum Gasteiger partial charge on any atom is 0.223 e. The molecule has 0 unspecified atom stereocenters. The molecule has 1 heterocycles. The molecule has 0 saturated carbocycles. The lowest BCUT2D eigenvalue weighted by molar-refractivity contribution is -0.126. The number of hydrogen-bond donors (Lipinski definition) is 1. The van der Waals surface area contributed by atoms with Gasteiger partial charge < -0.3 is 5.32 Å². The summed E-state index contributed by atoms with van der Waals surface area (Å²) in [5, 5.41) is 3.07. The van der Waals surface area contributed by atoms with Crippen LogP contribution in [0.4, 0.5) is 0 Å². The Hall–Kier alpha value is -1.40. The highest BCUT2D eigenvalue weighted by atomic mass is 32.2. The van der Waals surface area contributed by atoms with Crippen molar-refractivity contribution < 1.29 is 13.2 Å². The molecule has 5 nitrogen and oxygen atoms in total. The first-order chi connectivity index (χ1) is 10.9. The van der Waals surface area contributed by atoms with Crippen LogP contribution in [0.3, 0.4) is 0 Å². The summed E-state index contributed by atoms with van der Waals surface area (Å²) in [7, 11) is -3.14. The van der Waals surface area contributed by atoms with Gasteiger partial charge in [0.1, 0.15) is 0 Å². The minimum absolute atomic E-state index is 0.0544. The summed E-state index contributed by atoms with van der Waals surface area (Å²) in [6.07, 6.45) is 4.26. The molecule has 0 radical (unpaired) electrons. The second kappa shape index (κ2) is 7.93.